The Kier molecular flexibility index (Phi) is 6.56. The van der Waals surface area contributed by atoms with Crippen LogP contribution in [0.5, 0.6) is 0 Å². The van der Waals surface area contributed by atoms with Crippen LogP contribution in [0, 0.1) is 0 Å². The Morgan fingerprint density at radius 2 is 1.74 bits per heavy atom. The lowest BCUT2D eigenvalue weighted by atomic mass is 10.2. The van der Waals surface area contributed by atoms with Gasteiger partial charge in [0.25, 0.3) is 0 Å². The molecule has 0 N–H and O–H groups in total. The molecule has 1 saturated heterocycles. The van der Waals surface area contributed by atoms with Gasteiger partial charge in [-0.25, -0.2) is 14.4 Å². The summed E-state index contributed by atoms with van der Waals surface area (Å²) in [5.74, 6) is -5.36. The van der Waals surface area contributed by atoms with Crippen LogP contribution in [0.2, 0.25) is 0 Å². The molecule has 0 spiro atoms. The average molecular weight is 380 g/mol. The largest absolute Gasteiger partial charge is 0.462 e. The Morgan fingerprint density at radius 3 is 2.33 bits per heavy atom. The third-order valence-corrected chi connectivity index (χ3v) is 3.44. The van der Waals surface area contributed by atoms with Gasteiger partial charge >= 0.3 is 23.7 Å². The minimum Gasteiger partial charge on any atom is -0.462 e. The quantitative estimate of drug-likeness (QED) is 0.418. The van der Waals surface area contributed by atoms with Crippen LogP contribution in [0.15, 0.2) is 30.3 Å². The molecule has 1 aromatic carbocycles. The Labute approximate surface area is 157 Å². The summed E-state index contributed by atoms with van der Waals surface area (Å²) >= 11 is 0. The van der Waals surface area contributed by atoms with E-state index in [4.69, 9.17) is 23.7 Å². The lowest BCUT2D eigenvalue weighted by Gasteiger charge is -2.24. The smallest absolute Gasteiger partial charge is 0.379 e. The fraction of sp³-hybridized carbons (Fsp3) is 0.526. The van der Waals surface area contributed by atoms with Crippen molar-refractivity contribution >= 4 is 17.9 Å². The highest BCUT2D eigenvalue weighted by Crippen LogP contribution is 2.29. The summed E-state index contributed by atoms with van der Waals surface area (Å²) < 4.78 is 25.9. The van der Waals surface area contributed by atoms with Gasteiger partial charge in [0, 0.05) is 0 Å². The number of hydrogen-bond donors (Lipinski definition) is 0. The maximum absolute atomic E-state index is 12.6. The van der Waals surface area contributed by atoms with Crippen LogP contribution < -0.4 is 0 Å². The third-order valence-electron chi connectivity index (χ3n) is 3.44. The molecule has 0 amide bonds. The van der Waals surface area contributed by atoms with Gasteiger partial charge in [-0.2, -0.15) is 0 Å². The van der Waals surface area contributed by atoms with Gasteiger partial charge in [-0.15, -0.1) is 0 Å². The van der Waals surface area contributed by atoms with Crippen LogP contribution in [-0.2, 0) is 44.7 Å². The number of ether oxygens (including phenoxy) is 5. The minimum atomic E-state index is -2.45. The van der Waals surface area contributed by atoms with Crippen molar-refractivity contribution in [1.82, 2.24) is 0 Å². The van der Waals surface area contributed by atoms with Crippen molar-refractivity contribution in [3.8, 4) is 0 Å². The van der Waals surface area contributed by atoms with Crippen molar-refractivity contribution in [2.45, 2.75) is 51.8 Å². The van der Waals surface area contributed by atoms with Gasteiger partial charge < -0.3 is 23.7 Å². The van der Waals surface area contributed by atoms with Gasteiger partial charge in [0.15, 0.2) is 6.10 Å². The van der Waals surface area contributed by atoms with Gasteiger partial charge in [-0.1, -0.05) is 30.3 Å². The molecule has 2 atom stereocenters. The fourth-order valence-electron chi connectivity index (χ4n) is 2.29. The van der Waals surface area contributed by atoms with E-state index in [0.717, 1.165) is 0 Å². The van der Waals surface area contributed by atoms with E-state index in [1.807, 2.05) is 6.07 Å². The highest BCUT2D eigenvalue weighted by Gasteiger charge is 2.60. The molecule has 27 heavy (non-hydrogen) atoms. The van der Waals surface area contributed by atoms with Crippen LogP contribution in [0.4, 0.5) is 0 Å². The zero-order chi connectivity index (χ0) is 20.1. The van der Waals surface area contributed by atoms with E-state index in [0.29, 0.717) is 5.56 Å². The van der Waals surface area contributed by atoms with Crippen LogP contribution in [-0.4, -0.2) is 48.6 Å². The molecule has 1 aromatic rings. The highest BCUT2D eigenvalue weighted by atomic mass is 16.8. The molecule has 0 saturated carbocycles. The molecular weight excluding hydrogens is 356 g/mol. The van der Waals surface area contributed by atoms with Crippen molar-refractivity contribution in [3.63, 3.8) is 0 Å². The Bertz CT molecular complexity index is 679. The summed E-state index contributed by atoms with van der Waals surface area (Å²) in [7, 11) is 0. The summed E-state index contributed by atoms with van der Waals surface area (Å²) in [5.41, 5.74) is -0.0461. The van der Waals surface area contributed by atoms with Crippen LogP contribution in [0.3, 0.4) is 0 Å². The molecule has 1 fully saturated rings. The molecule has 0 unspecified atom stereocenters. The summed E-state index contributed by atoms with van der Waals surface area (Å²) in [4.78, 5) is 37.1. The summed E-state index contributed by atoms with van der Waals surface area (Å²) in [6.45, 7) is 6.20. The first kappa shape index (κ1) is 20.9. The topological polar surface area (TPSA) is 97.4 Å². The lowest BCUT2D eigenvalue weighted by Crippen LogP contribution is -2.51. The minimum absolute atomic E-state index is 0.00360. The molecule has 0 aliphatic carbocycles. The van der Waals surface area contributed by atoms with Crippen molar-refractivity contribution in [3.05, 3.63) is 35.9 Å². The zero-order valence-corrected chi connectivity index (χ0v) is 15.9. The van der Waals surface area contributed by atoms with Gasteiger partial charge in [0.05, 0.1) is 13.2 Å². The first-order valence-corrected chi connectivity index (χ1v) is 8.61. The molecule has 8 heteroatoms. The number of carbonyl (C=O) groups excluding carboxylic acids is 3. The molecule has 8 nitrogen and oxygen atoms in total. The Hall–Kier alpha value is -2.45. The number of hydrogen-bond acceptors (Lipinski definition) is 8. The van der Waals surface area contributed by atoms with Crippen molar-refractivity contribution in [2.75, 3.05) is 13.2 Å². The molecule has 1 heterocycles. The molecule has 2 rings (SSSR count). The van der Waals surface area contributed by atoms with Gasteiger partial charge in [0.1, 0.15) is 12.2 Å². The second-order valence-corrected chi connectivity index (χ2v) is 6.85. The van der Waals surface area contributed by atoms with E-state index in [1.54, 1.807) is 52.0 Å². The summed E-state index contributed by atoms with van der Waals surface area (Å²) in [6, 6.07) is 8.89. The molecule has 1 aliphatic rings. The first-order chi connectivity index (χ1) is 12.7. The van der Waals surface area contributed by atoms with Crippen LogP contribution in [0.25, 0.3) is 0 Å². The van der Waals surface area contributed by atoms with Crippen LogP contribution >= 0.6 is 0 Å². The number of benzene rings is 1. The van der Waals surface area contributed by atoms with E-state index >= 15 is 0 Å². The SMILES string of the molecule is CCOC(=O)[C@]1(C(=O)OCc2ccccc2)OC[C@@H](C(=O)OC(C)(C)C)O1. The Balaban J connectivity index is 2.12. The molecule has 0 radical (unpaired) electrons. The number of esters is 3. The predicted molar refractivity (Wildman–Crippen MR) is 92.3 cm³/mol. The molecule has 1 aliphatic heterocycles. The van der Waals surface area contributed by atoms with E-state index in [9.17, 15) is 14.4 Å². The van der Waals surface area contributed by atoms with E-state index in [-0.39, 0.29) is 19.8 Å². The molecular formula is C19H24O8. The maximum Gasteiger partial charge on any atom is 0.379 e. The average Bonchev–Trinajstić information content (AvgIpc) is 3.06. The Morgan fingerprint density at radius 1 is 1.11 bits per heavy atom. The fourth-order valence-corrected chi connectivity index (χ4v) is 2.29. The lowest BCUT2D eigenvalue weighted by molar-refractivity contribution is -0.227. The highest BCUT2D eigenvalue weighted by molar-refractivity contribution is 6.02. The third kappa shape index (κ3) is 5.27. The normalized spacial score (nSPS) is 22.1. The monoisotopic (exact) mass is 380 g/mol. The van der Waals surface area contributed by atoms with Crippen molar-refractivity contribution < 1.29 is 38.1 Å². The van der Waals surface area contributed by atoms with Crippen molar-refractivity contribution in [2.24, 2.45) is 0 Å². The van der Waals surface area contributed by atoms with Gasteiger partial charge in [-0.05, 0) is 33.3 Å². The van der Waals surface area contributed by atoms with Gasteiger partial charge in [0.2, 0.25) is 0 Å². The van der Waals surface area contributed by atoms with Crippen molar-refractivity contribution in [1.29, 1.82) is 0 Å². The number of carbonyl (C=O) groups is 3. The standard InChI is InChI=1S/C19H24O8/c1-5-23-16(21)19(17(22)24-11-13-9-7-6-8-10-13)25-12-14(26-19)15(20)27-18(2,3)4/h6-10,14H,5,11-12H2,1-4H3/t14-,19-/m0/s1. The summed E-state index contributed by atoms with van der Waals surface area (Å²) in [6.07, 6.45) is -1.25. The first-order valence-electron chi connectivity index (χ1n) is 8.61. The van der Waals surface area contributed by atoms with Crippen LogP contribution in [0.1, 0.15) is 33.3 Å². The van der Waals surface area contributed by atoms with E-state index in [2.05, 4.69) is 0 Å². The summed E-state index contributed by atoms with van der Waals surface area (Å²) in [5, 5.41) is 0. The molecule has 0 aromatic heterocycles. The predicted octanol–water partition coefficient (Wildman–Crippen LogP) is 1.75. The van der Waals surface area contributed by atoms with E-state index in [1.165, 1.54) is 0 Å². The molecule has 148 valence electrons. The van der Waals surface area contributed by atoms with E-state index < -0.39 is 35.4 Å². The zero-order valence-electron chi connectivity index (χ0n) is 15.9. The molecule has 0 bridgehead atoms. The second-order valence-electron chi connectivity index (χ2n) is 6.85. The number of rotatable bonds is 6. The maximum atomic E-state index is 12.6. The second kappa shape index (κ2) is 8.49. The van der Waals surface area contributed by atoms with Gasteiger partial charge in [-0.3, -0.25) is 0 Å².